The molecule has 1 aromatic carbocycles. The fraction of sp³-hybridized carbons (Fsp3) is 0.182. The van der Waals surface area contributed by atoms with Crippen LogP contribution in [-0.2, 0) is 0 Å². The molecule has 0 aromatic heterocycles. The van der Waals surface area contributed by atoms with Crippen molar-refractivity contribution in [2.24, 2.45) is 5.11 Å². The molecule has 0 heterocycles. The number of carbonyl (C=O) groups is 1. The van der Waals surface area contributed by atoms with Gasteiger partial charge in [-0.15, -0.1) is 0 Å². The van der Waals surface area contributed by atoms with Crippen LogP contribution < -0.4 is 0 Å². The topological polar surface area (TPSA) is 86.1 Å². The van der Waals surface area contributed by atoms with Crippen molar-refractivity contribution in [1.29, 1.82) is 0 Å². The minimum atomic E-state index is -1.00. The number of benzene rings is 1. The number of halogens is 1. The smallest absolute Gasteiger partial charge is 0.336 e. The second-order valence-corrected chi connectivity index (χ2v) is 3.62. The molecule has 0 bridgehead atoms. The molecule has 0 unspecified atom stereocenters. The number of carboxylic acid groups (broad SMARTS) is 1. The SMILES string of the molecule is [N-]=[N+]=NCCC=Cc1cc(Cl)ccc1C(=O)O. The van der Waals surface area contributed by atoms with E-state index in [2.05, 4.69) is 10.0 Å². The molecule has 1 N–H and O–H groups in total. The molecule has 1 rings (SSSR count). The monoisotopic (exact) mass is 251 g/mol. The third kappa shape index (κ3) is 4.18. The van der Waals surface area contributed by atoms with E-state index in [9.17, 15) is 4.79 Å². The number of hydrogen-bond donors (Lipinski definition) is 1. The van der Waals surface area contributed by atoms with Gasteiger partial charge in [0.05, 0.1) is 5.56 Å². The van der Waals surface area contributed by atoms with E-state index in [1.807, 2.05) is 0 Å². The fourth-order valence-electron chi connectivity index (χ4n) is 1.25. The molecule has 0 radical (unpaired) electrons. The van der Waals surface area contributed by atoms with Gasteiger partial charge in [0.15, 0.2) is 0 Å². The largest absolute Gasteiger partial charge is 0.478 e. The van der Waals surface area contributed by atoms with E-state index in [1.54, 1.807) is 18.2 Å². The van der Waals surface area contributed by atoms with Gasteiger partial charge in [0.1, 0.15) is 0 Å². The first-order chi connectivity index (χ1) is 8.15. The second-order valence-electron chi connectivity index (χ2n) is 3.18. The molecule has 5 nitrogen and oxygen atoms in total. The summed E-state index contributed by atoms with van der Waals surface area (Å²) < 4.78 is 0. The Hall–Kier alpha value is -1.97. The molecule has 0 saturated carbocycles. The van der Waals surface area contributed by atoms with Crippen LogP contribution in [0.3, 0.4) is 0 Å². The number of rotatable bonds is 5. The Morgan fingerprint density at radius 2 is 2.35 bits per heavy atom. The van der Waals surface area contributed by atoms with Gasteiger partial charge in [-0.1, -0.05) is 28.9 Å². The number of hydrogen-bond acceptors (Lipinski definition) is 2. The van der Waals surface area contributed by atoms with Crippen LogP contribution in [0.2, 0.25) is 5.02 Å². The molecule has 1 aromatic rings. The zero-order valence-electron chi connectivity index (χ0n) is 8.88. The average Bonchev–Trinajstić information content (AvgIpc) is 2.28. The molecular weight excluding hydrogens is 242 g/mol. The van der Waals surface area contributed by atoms with Crippen molar-refractivity contribution < 1.29 is 9.90 Å². The number of azide groups is 1. The zero-order valence-corrected chi connectivity index (χ0v) is 9.63. The predicted octanol–water partition coefficient (Wildman–Crippen LogP) is 3.75. The molecular formula is C11H10ClN3O2. The maximum Gasteiger partial charge on any atom is 0.336 e. The Balaban J connectivity index is 2.84. The molecule has 0 saturated heterocycles. The molecule has 0 aliphatic rings. The van der Waals surface area contributed by atoms with Gasteiger partial charge in [-0.25, -0.2) is 4.79 Å². The first-order valence-corrected chi connectivity index (χ1v) is 5.23. The number of nitrogens with zero attached hydrogens (tertiary/aromatic N) is 3. The molecule has 0 fully saturated rings. The summed E-state index contributed by atoms with van der Waals surface area (Å²) in [6.45, 7) is 0.343. The maximum atomic E-state index is 10.9. The third-order valence-electron chi connectivity index (χ3n) is 2.00. The van der Waals surface area contributed by atoms with E-state index in [0.717, 1.165) is 0 Å². The zero-order chi connectivity index (χ0) is 12.7. The number of aromatic carboxylic acids is 1. The van der Waals surface area contributed by atoms with E-state index >= 15 is 0 Å². The molecule has 88 valence electrons. The first kappa shape index (κ1) is 13.1. The van der Waals surface area contributed by atoms with Crippen LogP contribution in [0.15, 0.2) is 29.4 Å². The summed E-state index contributed by atoms with van der Waals surface area (Å²) in [5.74, 6) is -1.00. The Labute approximate surface area is 103 Å². The summed E-state index contributed by atoms with van der Waals surface area (Å²) in [4.78, 5) is 13.5. The van der Waals surface area contributed by atoms with Crippen LogP contribution in [-0.4, -0.2) is 17.6 Å². The van der Waals surface area contributed by atoms with E-state index in [1.165, 1.54) is 12.1 Å². The maximum absolute atomic E-state index is 10.9. The van der Waals surface area contributed by atoms with Crippen LogP contribution in [0.25, 0.3) is 16.5 Å². The van der Waals surface area contributed by atoms with E-state index in [4.69, 9.17) is 22.2 Å². The summed E-state index contributed by atoms with van der Waals surface area (Å²) in [7, 11) is 0. The molecule has 17 heavy (non-hydrogen) atoms. The van der Waals surface area contributed by atoms with Gasteiger partial charge >= 0.3 is 5.97 Å². The Kier molecular flexibility index (Phi) is 5.07. The summed E-state index contributed by atoms with van der Waals surface area (Å²) in [5, 5.41) is 12.8. The van der Waals surface area contributed by atoms with Crippen molar-refractivity contribution in [3.8, 4) is 0 Å². The Morgan fingerprint density at radius 3 is 3.00 bits per heavy atom. The van der Waals surface area contributed by atoms with Gasteiger partial charge in [0.2, 0.25) is 0 Å². The van der Waals surface area contributed by atoms with E-state index in [-0.39, 0.29) is 5.56 Å². The van der Waals surface area contributed by atoms with Gasteiger partial charge in [-0.05, 0) is 35.7 Å². The molecule has 0 atom stereocenters. The van der Waals surface area contributed by atoms with Gasteiger partial charge in [0, 0.05) is 16.5 Å². The lowest BCUT2D eigenvalue weighted by atomic mass is 10.1. The summed E-state index contributed by atoms with van der Waals surface area (Å²) >= 11 is 5.79. The Bertz CT molecular complexity index is 493. The fourth-order valence-corrected chi connectivity index (χ4v) is 1.43. The van der Waals surface area contributed by atoms with Crippen molar-refractivity contribution >= 4 is 23.6 Å². The molecule has 6 heteroatoms. The van der Waals surface area contributed by atoms with Crippen molar-refractivity contribution in [2.75, 3.05) is 6.54 Å². The van der Waals surface area contributed by atoms with Crippen molar-refractivity contribution in [2.45, 2.75) is 6.42 Å². The molecule has 0 amide bonds. The van der Waals surface area contributed by atoms with Gasteiger partial charge in [-0.2, -0.15) is 0 Å². The van der Waals surface area contributed by atoms with Gasteiger partial charge in [0.25, 0.3) is 0 Å². The highest BCUT2D eigenvalue weighted by Gasteiger charge is 2.07. The van der Waals surface area contributed by atoms with Gasteiger partial charge < -0.3 is 5.11 Å². The van der Waals surface area contributed by atoms with Crippen molar-refractivity contribution in [3.05, 3.63) is 50.9 Å². The predicted molar refractivity (Wildman–Crippen MR) is 66.1 cm³/mol. The summed E-state index contributed by atoms with van der Waals surface area (Å²) in [6, 6.07) is 4.56. The van der Waals surface area contributed by atoms with Crippen LogP contribution >= 0.6 is 11.6 Å². The molecule has 0 spiro atoms. The normalized spacial score (nSPS) is 10.2. The van der Waals surface area contributed by atoms with Crippen LogP contribution in [0, 0.1) is 0 Å². The lowest BCUT2D eigenvalue weighted by Gasteiger charge is -2.01. The standard InChI is InChI=1S/C11H10ClN3O2/c12-9-4-5-10(11(16)17)8(7-9)3-1-2-6-14-15-13/h1,3-5,7H,2,6H2,(H,16,17). The first-order valence-electron chi connectivity index (χ1n) is 4.85. The highest BCUT2D eigenvalue weighted by atomic mass is 35.5. The third-order valence-corrected chi connectivity index (χ3v) is 2.24. The summed E-state index contributed by atoms with van der Waals surface area (Å²) in [6.07, 6.45) is 3.95. The van der Waals surface area contributed by atoms with E-state index in [0.29, 0.717) is 23.6 Å². The lowest BCUT2D eigenvalue weighted by Crippen LogP contribution is -1.98. The minimum Gasteiger partial charge on any atom is -0.478 e. The second kappa shape index (κ2) is 6.58. The molecule has 0 aliphatic carbocycles. The van der Waals surface area contributed by atoms with Crippen LogP contribution in [0.1, 0.15) is 22.3 Å². The van der Waals surface area contributed by atoms with Crippen molar-refractivity contribution in [3.63, 3.8) is 0 Å². The van der Waals surface area contributed by atoms with E-state index < -0.39 is 5.97 Å². The molecule has 0 aliphatic heterocycles. The van der Waals surface area contributed by atoms with Crippen molar-refractivity contribution in [1.82, 2.24) is 0 Å². The minimum absolute atomic E-state index is 0.189. The highest BCUT2D eigenvalue weighted by molar-refractivity contribution is 6.30. The lowest BCUT2D eigenvalue weighted by molar-refractivity contribution is 0.0696. The number of carboxylic acids is 1. The average molecular weight is 252 g/mol. The van der Waals surface area contributed by atoms with Crippen LogP contribution in [0.5, 0.6) is 0 Å². The quantitative estimate of drug-likeness (QED) is 0.374. The summed E-state index contributed by atoms with van der Waals surface area (Å²) in [5.41, 5.74) is 8.80. The highest BCUT2D eigenvalue weighted by Crippen LogP contribution is 2.17. The Morgan fingerprint density at radius 1 is 1.59 bits per heavy atom. The van der Waals surface area contributed by atoms with Crippen LogP contribution in [0.4, 0.5) is 0 Å². The van der Waals surface area contributed by atoms with Gasteiger partial charge in [-0.3, -0.25) is 0 Å².